The summed E-state index contributed by atoms with van der Waals surface area (Å²) in [7, 11) is 0. The van der Waals surface area contributed by atoms with Crippen LogP contribution >= 0.6 is 0 Å². The van der Waals surface area contributed by atoms with E-state index in [0.717, 1.165) is 24.9 Å². The molecule has 0 radical (unpaired) electrons. The molecule has 2 unspecified atom stereocenters. The first-order chi connectivity index (χ1) is 10.5. The minimum Gasteiger partial charge on any atom is -0.480 e. The van der Waals surface area contributed by atoms with Crippen molar-refractivity contribution >= 4 is 17.6 Å². The van der Waals surface area contributed by atoms with Crippen LogP contribution in [0.1, 0.15) is 33.1 Å². The Morgan fingerprint density at radius 3 is 2.27 bits per heavy atom. The minimum atomic E-state index is -0.934. The molecule has 1 aromatic carbocycles. The maximum atomic E-state index is 12.7. The number of carbonyl (C=O) groups excluding carboxylic acids is 1. The molecular formula is C17H24N2O3. The molecule has 22 heavy (non-hydrogen) atoms. The molecule has 1 aliphatic heterocycles. The van der Waals surface area contributed by atoms with E-state index in [1.54, 1.807) is 4.90 Å². The fourth-order valence-electron chi connectivity index (χ4n) is 3.20. The van der Waals surface area contributed by atoms with Crippen molar-refractivity contribution in [2.75, 3.05) is 18.0 Å². The van der Waals surface area contributed by atoms with Crippen molar-refractivity contribution in [3.05, 3.63) is 30.3 Å². The number of piperidine rings is 1. The molecule has 1 saturated heterocycles. The molecule has 1 amide bonds. The Bertz CT molecular complexity index is 508. The molecule has 2 atom stereocenters. The summed E-state index contributed by atoms with van der Waals surface area (Å²) in [6, 6.07) is 9.68. The van der Waals surface area contributed by atoms with Crippen molar-refractivity contribution in [3.63, 3.8) is 0 Å². The van der Waals surface area contributed by atoms with Crippen molar-refractivity contribution in [1.29, 1.82) is 0 Å². The van der Waals surface area contributed by atoms with Gasteiger partial charge in [0.15, 0.2) is 0 Å². The summed E-state index contributed by atoms with van der Waals surface area (Å²) in [5.74, 6) is -0.929. The van der Waals surface area contributed by atoms with E-state index in [0.29, 0.717) is 0 Å². The van der Waals surface area contributed by atoms with Gasteiger partial charge in [-0.05, 0) is 45.2 Å². The van der Waals surface area contributed by atoms with Gasteiger partial charge in [-0.15, -0.1) is 0 Å². The molecule has 1 fully saturated rings. The fraction of sp³-hybridized carbons (Fsp3) is 0.529. The van der Waals surface area contributed by atoms with Gasteiger partial charge in [-0.1, -0.05) is 18.2 Å². The first-order valence-corrected chi connectivity index (χ1v) is 7.82. The number of carbonyl (C=O) groups is 2. The molecule has 5 heteroatoms. The van der Waals surface area contributed by atoms with Crippen LogP contribution in [0.3, 0.4) is 0 Å². The lowest BCUT2D eigenvalue weighted by Crippen LogP contribution is -2.51. The van der Waals surface area contributed by atoms with Gasteiger partial charge >= 0.3 is 5.97 Å². The van der Waals surface area contributed by atoms with Crippen LogP contribution in [-0.4, -0.2) is 47.1 Å². The Hall–Kier alpha value is -2.04. The number of carboxylic acid groups (broad SMARTS) is 1. The third-order valence-electron chi connectivity index (χ3n) is 4.26. The molecule has 0 spiro atoms. The van der Waals surface area contributed by atoms with Crippen molar-refractivity contribution in [1.82, 2.24) is 4.90 Å². The summed E-state index contributed by atoms with van der Waals surface area (Å²) in [6.45, 7) is 4.06. The predicted octanol–water partition coefficient (Wildman–Crippen LogP) is 2.37. The molecule has 5 nitrogen and oxygen atoms in total. The zero-order valence-corrected chi connectivity index (χ0v) is 13.2. The van der Waals surface area contributed by atoms with Crippen LogP contribution in [0.15, 0.2) is 30.3 Å². The van der Waals surface area contributed by atoms with Gasteiger partial charge in [0.05, 0.1) is 6.54 Å². The van der Waals surface area contributed by atoms with Gasteiger partial charge in [-0.25, -0.2) is 0 Å². The normalized spacial score (nSPS) is 21.5. The molecule has 1 aromatic rings. The fourth-order valence-corrected chi connectivity index (χ4v) is 3.20. The van der Waals surface area contributed by atoms with Gasteiger partial charge in [-0.2, -0.15) is 0 Å². The molecule has 0 bridgehead atoms. The average molecular weight is 304 g/mol. The summed E-state index contributed by atoms with van der Waals surface area (Å²) >= 11 is 0. The standard InChI is InChI=1S/C17H24N2O3/c1-13-7-6-8-14(2)19(13)16(20)11-18(12-17(21)22)15-9-4-3-5-10-15/h3-5,9-10,13-14H,6-8,11-12H2,1-2H3,(H,21,22). The highest BCUT2D eigenvalue weighted by atomic mass is 16.4. The molecule has 120 valence electrons. The number of anilines is 1. The van der Waals surface area contributed by atoms with Crippen LogP contribution in [-0.2, 0) is 9.59 Å². The summed E-state index contributed by atoms with van der Waals surface area (Å²) in [5, 5.41) is 9.11. The van der Waals surface area contributed by atoms with E-state index in [9.17, 15) is 9.59 Å². The minimum absolute atomic E-state index is 0.00445. The van der Waals surface area contributed by atoms with Crippen LogP contribution in [0.4, 0.5) is 5.69 Å². The van der Waals surface area contributed by atoms with Gasteiger partial charge in [0.2, 0.25) is 5.91 Å². The van der Waals surface area contributed by atoms with Crippen LogP contribution in [0.25, 0.3) is 0 Å². The number of rotatable bonds is 5. The third-order valence-corrected chi connectivity index (χ3v) is 4.26. The lowest BCUT2D eigenvalue weighted by molar-refractivity contribution is -0.136. The van der Waals surface area contributed by atoms with E-state index < -0.39 is 5.97 Å². The molecule has 1 aliphatic rings. The molecule has 1 N–H and O–H groups in total. The predicted molar refractivity (Wildman–Crippen MR) is 85.9 cm³/mol. The molecule has 0 aliphatic carbocycles. The quantitative estimate of drug-likeness (QED) is 0.907. The molecule has 2 rings (SSSR count). The number of benzene rings is 1. The van der Waals surface area contributed by atoms with Crippen molar-refractivity contribution in [2.45, 2.75) is 45.2 Å². The Morgan fingerprint density at radius 2 is 1.73 bits per heavy atom. The highest BCUT2D eigenvalue weighted by molar-refractivity contribution is 5.84. The first-order valence-electron chi connectivity index (χ1n) is 7.82. The summed E-state index contributed by atoms with van der Waals surface area (Å²) in [5.41, 5.74) is 0.760. The third kappa shape index (κ3) is 4.00. The average Bonchev–Trinajstić information content (AvgIpc) is 2.47. The van der Waals surface area contributed by atoms with Crippen LogP contribution in [0, 0.1) is 0 Å². The van der Waals surface area contributed by atoms with Gasteiger partial charge < -0.3 is 14.9 Å². The number of amides is 1. The van der Waals surface area contributed by atoms with E-state index >= 15 is 0 Å². The number of carboxylic acids is 1. The van der Waals surface area contributed by atoms with E-state index in [2.05, 4.69) is 13.8 Å². The smallest absolute Gasteiger partial charge is 0.323 e. The number of hydrogen-bond acceptors (Lipinski definition) is 3. The van der Waals surface area contributed by atoms with Gasteiger partial charge in [0.1, 0.15) is 6.54 Å². The second-order valence-electron chi connectivity index (χ2n) is 6.02. The largest absolute Gasteiger partial charge is 0.480 e. The highest BCUT2D eigenvalue weighted by Crippen LogP contribution is 2.23. The van der Waals surface area contributed by atoms with Crippen molar-refractivity contribution in [2.24, 2.45) is 0 Å². The van der Waals surface area contributed by atoms with Crippen LogP contribution in [0.5, 0.6) is 0 Å². The number of aliphatic carboxylic acids is 1. The topological polar surface area (TPSA) is 60.9 Å². The molecule has 0 saturated carbocycles. The zero-order valence-electron chi connectivity index (χ0n) is 13.2. The highest BCUT2D eigenvalue weighted by Gasteiger charge is 2.30. The van der Waals surface area contributed by atoms with Crippen LogP contribution in [0.2, 0.25) is 0 Å². The summed E-state index contributed by atoms with van der Waals surface area (Å²) in [6.07, 6.45) is 3.17. The Labute approximate surface area is 131 Å². The van der Waals surface area contributed by atoms with Crippen molar-refractivity contribution < 1.29 is 14.7 Å². The van der Waals surface area contributed by atoms with E-state index in [1.165, 1.54) is 0 Å². The van der Waals surface area contributed by atoms with E-state index in [4.69, 9.17) is 5.11 Å². The summed E-state index contributed by atoms with van der Waals surface area (Å²) in [4.78, 5) is 27.3. The van der Waals surface area contributed by atoms with Crippen LogP contribution < -0.4 is 4.90 Å². The number of para-hydroxylation sites is 1. The zero-order chi connectivity index (χ0) is 16.1. The molecule has 1 heterocycles. The SMILES string of the molecule is CC1CCCC(C)N1C(=O)CN(CC(=O)O)c1ccccc1. The Balaban J connectivity index is 2.12. The van der Waals surface area contributed by atoms with Gasteiger partial charge in [0.25, 0.3) is 0 Å². The lowest BCUT2D eigenvalue weighted by atomic mass is 9.97. The monoisotopic (exact) mass is 304 g/mol. The van der Waals surface area contributed by atoms with E-state index in [1.807, 2.05) is 35.2 Å². The van der Waals surface area contributed by atoms with E-state index in [-0.39, 0.29) is 31.1 Å². The maximum Gasteiger partial charge on any atom is 0.323 e. The number of likely N-dealkylation sites (tertiary alicyclic amines) is 1. The van der Waals surface area contributed by atoms with Gasteiger partial charge in [-0.3, -0.25) is 9.59 Å². The first kappa shape index (κ1) is 16.3. The molecular weight excluding hydrogens is 280 g/mol. The second kappa shape index (κ2) is 7.29. The van der Waals surface area contributed by atoms with Crippen molar-refractivity contribution in [3.8, 4) is 0 Å². The number of hydrogen-bond donors (Lipinski definition) is 1. The second-order valence-corrected chi connectivity index (χ2v) is 6.02. The maximum absolute atomic E-state index is 12.7. The Morgan fingerprint density at radius 1 is 1.14 bits per heavy atom. The Kier molecular flexibility index (Phi) is 5.41. The molecule has 0 aromatic heterocycles. The lowest BCUT2D eigenvalue weighted by Gasteiger charge is -2.40. The number of nitrogens with zero attached hydrogens (tertiary/aromatic N) is 2. The summed E-state index contributed by atoms with van der Waals surface area (Å²) < 4.78 is 0. The van der Waals surface area contributed by atoms with Gasteiger partial charge in [0, 0.05) is 17.8 Å².